The van der Waals surface area contributed by atoms with Crippen LogP contribution in [0.4, 0.5) is 4.39 Å². The van der Waals surface area contributed by atoms with Gasteiger partial charge in [-0.15, -0.1) is 5.10 Å². The van der Waals surface area contributed by atoms with E-state index in [0.717, 1.165) is 25.7 Å². The summed E-state index contributed by atoms with van der Waals surface area (Å²) in [4.78, 5) is 26.5. The monoisotopic (exact) mass is 365 g/mol. The molecule has 1 saturated heterocycles. The van der Waals surface area contributed by atoms with Crippen LogP contribution in [-0.4, -0.2) is 56.5 Å². The molecule has 1 aliphatic carbocycles. The standard InChI is InChI=1S/C18H28FN5O2/c1-12(2)20-17(25)16-11-23(22-21-16)10-15-8-14(19)9-24(15)18(26)13-6-4-3-5-7-13/h11-15H,3-10H2,1-2H3,(H,20,25). The summed E-state index contributed by atoms with van der Waals surface area (Å²) in [5.41, 5.74) is 0.235. The summed E-state index contributed by atoms with van der Waals surface area (Å²) in [6.45, 7) is 4.27. The van der Waals surface area contributed by atoms with Crippen molar-refractivity contribution in [1.82, 2.24) is 25.2 Å². The highest BCUT2D eigenvalue weighted by Gasteiger charge is 2.38. The van der Waals surface area contributed by atoms with E-state index in [0.29, 0.717) is 13.0 Å². The number of carbonyl (C=O) groups excluding carboxylic acids is 2. The first-order valence-electron chi connectivity index (χ1n) is 9.59. The van der Waals surface area contributed by atoms with E-state index in [9.17, 15) is 14.0 Å². The van der Waals surface area contributed by atoms with Gasteiger partial charge in [-0.05, 0) is 26.7 Å². The summed E-state index contributed by atoms with van der Waals surface area (Å²) in [7, 11) is 0. The van der Waals surface area contributed by atoms with Crippen LogP contribution in [0.25, 0.3) is 0 Å². The molecular formula is C18H28FN5O2. The Labute approximate surface area is 153 Å². The van der Waals surface area contributed by atoms with Crippen molar-refractivity contribution >= 4 is 11.8 Å². The van der Waals surface area contributed by atoms with Crippen LogP contribution in [0.5, 0.6) is 0 Å². The van der Waals surface area contributed by atoms with Crippen LogP contribution in [0.1, 0.15) is 62.9 Å². The van der Waals surface area contributed by atoms with Gasteiger partial charge in [0, 0.05) is 18.4 Å². The summed E-state index contributed by atoms with van der Waals surface area (Å²) < 4.78 is 15.6. The molecule has 0 radical (unpaired) electrons. The second-order valence-corrected chi connectivity index (χ2v) is 7.77. The molecule has 2 fully saturated rings. The van der Waals surface area contributed by atoms with Gasteiger partial charge in [0.05, 0.1) is 25.3 Å². The molecule has 2 aliphatic rings. The van der Waals surface area contributed by atoms with Crippen molar-refractivity contribution in [2.24, 2.45) is 5.92 Å². The molecule has 1 aromatic rings. The normalized spacial score (nSPS) is 24.2. The number of halogens is 1. The minimum Gasteiger partial charge on any atom is -0.348 e. The topological polar surface area (TPSA) is 80.1 Å². The molecular weight excluding hydrogens is 337 g/mol. The number of carbonyl (C=O) groups is 2. The average Bonchev–Trinajstić information content (AvgIpc) is 3.21. The van der Waals surface area contributed by atoms with E-state index in [1.54, 1.807) is 15.8 Å². The SMILES string of the molecule is CC(C)NC(=O)c1cn(CC2CC(F)CN2C(=O)C2CCCCC2)nn1. The maximum Gasteiger partial charge on any atom is 0.273 e. The van der Waals surface area contributed by atoms with Gasteiger partial charge in [-0.3, -0.25) is 9.59 Å². The van der Waals surface area contributed by atoms with Crippen LogP contribution in [-0.2, 0) is 11.3 Å². The van der Waals surface area contributed by atoms with E-state index in [4.69, 9.17) is 0 Å². The molecule has 1 aliphatic heterocycles. The lowest BCUT2D eigenvalue weighted by Gasteiger charge is -2.30. The fraction of sp³-hybridized carbons (Fsp3) is 0.778. The smallest absolute Gasteiger partial charge is 0.273 e. The van der Waals surface area contributed by atoms with E-state index in [1.807, 2.05) is 13.8 Å². The van der Waals surface area contributed by atoms with Crippen LogP contribution in [0.3, 0.4) is 0 Å². The van der Waals surface area contributed by atoms with Gasteiger partial charge in [-0.2, -0.15) is 0 Å². The van der Waals surface area contributed by atoms with Crippen molar-refractivity contribution in [1.29, 1.82) is 0 Å². The van der Waals surface area contributed by atoms with Gasteiger partial charge in [-0.1, -0.05) is 24.5 Å². The molecule has 2 unspecified atom stereocenters. The second kappa shape index (κ2) is 8.14. The Morgan fingerprint density at radius 3 is 2.73 bits per heavy atom. The number of nitrogens with one attached hydrogen (secondary N) is 1. The number of alkyl halides is 1. The molecule has 0 aromatic carbocycles. The largest absolute Gasteiger partial charge is 0.348 e. The first-order valence-corrected chi connectivity index (χ1v) is 9.59. The van der Waals surface area contributed by atoms with Gasteiger partial charge in [0.25, 0.3) is 5.91 Å². The number of likely N-dealkylation sites (tertiary alicyclic amines) is 1. The molecule has 144 valence electrons. The third kappa shape index (κ3) is 4.40. The van der Waals surface area contributed by atoms with Crippen molar-refractivity contribution in [2.45, 2.75) is 77.2 Å². The molecule has 1 N–H and O–H groups in total. The fourth-order valence-corrected chi connectivity index (χ4v) is 3.93. The van der Waals surface area contributed by atoms with E-state index in [2.05, 4.69) is 15.6 Å². The minimum absolute atomic E-state index is 0.0124. The van der Waals surface area contributed by atoms with Crippen molar-refractivity contribution in [2.75, 3.05) is 6.54 Å². The van der Waals surface area contributed by atoms with Crippen LogP contribution >= 0.6 is 0 Å². The summed E-state index contributed by atoms with van der Waals surface area (Å²) in [6, 6.07) is -0.222. The van der Waals surface area contributed by atoms with Crippen molar-refractivity contribution in [3.05, 3.63) is 11.9 Å². The van der Waals surface area contributed by atoms with Gasteiger partial charge >= 0.3 is 0 Å². The molecule has 1 aromatic heterocycles. The third-order valence-corrected chi connectivity index (χ3v) is 5.19. The predicted octanol–water partition coefficient (Wildman–Crippen LogP) is 1.94. The lowest BCUT2D eigenvalue weighted by Crippen LogP contribution is -2.42. The van der Waals surface area contributed by atoms with E-state index >= 15 is 0 Å². The molecule has 3 rings (SSSR count). The number of rotatable bonds is 5. The molecule has 1 saturated carbocycles. The number of hydrogen-bond acceptors (Lipinski definition) is 4. The highest BCUT2D eigenvalue weighted by molar-refractivity contribution is 5.92. The van der Waals surface area contributed by atoms with Gasteiger partial charge in [-0.25, -0.2) is 9.07 Å². The number of amides is 2. The zero-order valence-electron chi connectivity index (χ0n) is 15.5. The van der Waals surface area contributed by atoms with Crippen molar-refractivity contribution < 1.29 is 14.0 Å². The summed E-state index contributed by atoms with van der Waals surface area (Å²) >= 11 is 0. The fourth-order valence-electron chi connectivity index (χ4n) is 3.93. The highest BCUT2D eigenvalue weighted by atomic mass is 19.1. The molecule has 2 heterocycles. The van der Waals surface area contributed by atoms with Gasteiger partial charge in [0.1, 0.15) is 6.17 Å². The first kappa shape index (κ1) is 18.8. The molecule has 8 heteroatoms. The van der Waals surface area contributed by atoms with Gasteiger partial charge in [0.2, 0.25) is 5.91 Å². The van der Waals surface area contributed by atoms with Gasteiger partial charge in [0.15, 0.2) is 5.69 Å². The Hall–Kier alpha value is -1.99. The van der Waals surface area contributed by atoms with E-state index in [-0.39, 0.29) is 42.1 Å². The summed E-state index contributed by atoms with van der Waals surface area (Å²) in [5, 5.41) is 10.6. The third-order valence-electron chi connectivity index (χ3n) is 5.19. The molecule has 2 atom stereocenters. The van der Waals surface area contributed by atoms with Crippen LogP contribution < -0.4 is 5.32 Å². The Balaban J connectivity index is 1.64. The summed E-state index contributed by atoms with van der Waals surface area (Å²) in [6.07, 6.45) is 6.01. The maximum absolute atomic E-state index is 14.0. The van der Waals surface area contributed by atoms with Crippen LogP contribution in [0.15, 0.2) is 6.20 Å². The molecule has 7 nitrogen and oxygen atoms in total. The molecule has 2 amide bonds. The summed E-state index contributed by atoms with van der Waals surface area (Å²) in [5.74, 6) is -0.177. The van der Waals surface area contributed by atoms with Crippen molar-refractivity contribution in [3.8, 4) is 0 Å². The predicted molar refractivity (Wildman–Crippen MR) is 94.2 cm³/mol. The lowest BCUT2D eigenvalue weighted by molar-refractivity contribution is -0.137. The maximum atomic E-state index is 14.0. The first-order chi connectivity index (χ1) is 12.4. The quantitative estimate of drug-likeness (QED) is 0.865. The Bertz CT molecular complexity index is 641. The van der Waals surface area contributed by atoms with Gasteiger partial charge < -0.3 is 10.2 Å². The van der Waals surface area contributed by atoms with E-state index in [1.165, 1.54) is 6.42 Å². The molecule has 0 spiro atoms. The Morgan fingerprint density at radius 1 is 1.31 bits per heavy atom. The average molecular weight is 365 g/mol. The zero-order chi connectivity index (χ0) is 18.7. The molecule has 26 heavy (non-hydrogen) atoms. The van der Waals surface area contributed by atoms with Crippen LogP contribution in [0.2, 0.25) is 0 Å². The zero-order valence-corrected chi connectivity index (χ0v) is 15.5. The Kier molecular flexibility index (Phi) is 5.88. The number of aromatic nitrogens is 3. The highest BCUT2D eigenvalue weighted by Crippen LogP contribution is 2.30. The second-order valence-electron chi connectivity index (χ2n) is 7.77. The number of hydrogen-bond donors (Lipinski definition) is 1. The minimum atomic E-state index is -1.00. The van der Waals surface area contributed by atoms with E-state index < -0.39 is 6.17 Å². The lowest BCUT2D eigenvalue weighted by atomic mass is 9.88. The molecule has 0 bridgehead atoms. The van der Waals surface area contributed by atoms with Crippen LogP contribution in [0, 0.1) is 5.92 Å². The van der Waals surface area contributed by atoms with Crippen molar-refractivity contribution in [3.63, 3.8) is 0 Å². The number of nitrogens with zero attached hydrogens (tertiary/aromatic N) is 4. The Morgan fingerprint density at radius 2 is 2.04 bits per heavy atom.